The van der Waals surface area contributed by atoms with Gasteiger partial charge in [0.05, 0.1) is 22.1 Å². The minimum absolute atomic E-state index is 0.942. The van der Waals surface area contributed by atoms with Crippen molar-refractivity contribution in [2.45, 2.75) is 0 Å². The summed E-state index contributed by atoms with van der Waals surface area (Å²) in [5.41, 5.74) is 11.4. The van der Waals surface area contributed by atoms with Crippen molar-refractivity contribution in [1.82, 2.24) is 9.13 Å². The minimum atomic E-state index is 0.942. The first-order valence-electron chi connectivity index (χ1n) is 21.7. The molecule has 0 aliphatic rings. The van der Waals surface area contributed by atoms with Crippen molar-refractivity contribution in [3.63, 3.8) is 0 Å². The summed E-state index contributed by atoms with van der Waals surface area (Å²) in [4.78, 5) is 0. The van der Waals surface area contributed by atoms with Crippen molar-refractivity contribution < 1.29 is 4.42 Å². The maximum Gasteiger partial charge on any atom is 0.136 e. The minimum Gasteiger partial charge on any atom is -0.456 e. The van der Waals surface area contributed by atoms with Gasteiger partial charge in [-0.3, -0.25) is 0 Å². The predicted octanol–water partition coefficient (Wildman–Crippen LogP) is 16.7. The Morgan fingerprint density at radius 1 is 0.238 bits per heavy atom. The Morgan fingerprint density at radius 3 is 1.27 bits per heavy atom. The average Bonchev–Trinajstić information content (AvgIpc) is 4.00. The van der Waals surface area contributed by atoms with Gasteiger partial charge in [-0.25, -0.2) is 0 Å². The van der Waals surface area contributed by atoms with E-state index in [0.717, 1.165) is 22.5 Å². The lowest BCUT2D eigenvalue weighted by Gasteiger charge is -2.15. The second kappa shape index (κ2) is 12.1. The van der Waals surface area contributed by atoms with Gasteiger partial charge in [-0.1, -0.05) is 133 Å². The highest BCUT2D eigenvalue weighted by Gasteiger charge is 2.21. The fraction of sp³-hybridized carbons (Fsp3) is 0. The van der Waals surface area contributed by atoms with Crippen LogP contribution in [0.15, 0.2) is 211 Å². The van der Waals surface area contributed by atoms with Crippen LogP contribution < -0.4 is 0 Å². The fourth-order valence-electron chi connectivity index (χ4n) is 11.3. The third-order valence-corrected chi connectivity index (χ3v) is 14.0. The molecule has 0 saturated heterocycles. The van der Waals surface area contributed by atoms with E-state index in [1.54, 1.807) is 0 Å². The average molecular weight is 799 g/mol. The number of hydrogen-bond acceptors (Lipinski definition) is 1. The van der Waals surface area contributed by atoms with Gasteiger partial charge in [-0.05, 0) is 138 Å². The molecule has 15 rings (SSSR count). The van der Waals surface area contributed by atoms with Crippen LogP contribution >= 0.6 is 0 Å². The van der Waals surface area contributed by atoms with Gasteiger partial charge in [0, 0.05) is 43.7 Å². The zero-order chi connectivity index (χ0) is 40.9. The van der Waals surface area contributed by atoms with Crippen molar-refractivity contribution in [1.29, 1.82) is 0 Å². The standard InChI is InChI=1S/C60H34N2O/c1-2-12-37(13-3-1)61-53-20-8-6-16-44(53)51-34-56-52(33-55(51)61)45-17-7-9-21-54(45)62(56)38-26-29-42-40-15-5-4-14-39(40)41-27-24-36(31-49(41)50(42)32-38)35-25-28-43-46-18-10-22-57-59(46)60-47(48(43)30-35)19-11-23-58(60)63-57/h1-34H. The Hall–Kier alpha value is -8.40. The van der Waals surface area contributed by atoms with Gasteiger partial charge in [-0.2, -0.15) is 0 Å². The number of fused-ring (bicyclic) bond motifs is 15. The second-order valence-corrected chi connectivity index (χ2v) is 17.2. The van der Waals surface area contributed by atoms with Crippen LogP contribution in [0.5, 0.6) is 0 Å². The van der Waals surface area contributed by atoms with Crippen LogP contribution in [0.3, 0.4) is 0 Å². The molecule has 0 N–H and O–H groups in total. The maximum atomic E-state index is 6.36. The molecular weight excluding hydrogens is 765 g/mol. The molecule has 3 heteroatoms. The molecule has 0 atom stereocenters. The molecular formula is C60H34N2O. The van der Waals surface area contributed by atoms with Gasteiger partial charge in [-0.15, -0.1) is 0 Å². The summed E-state index contributed by atoms with van der Waals surface area (Å²) in [6.07, 6.45) is 0. The molecule has 0 aliphatic heterocycles. The normalized spacial score (nSPS) is 12.4. The van der Waals surface area contributed by atoms with Crippen LogP contribution in [0, 0.1) is 0 Å². The number of furan rings is 1. The molecule has 0 bridgehead atoms. The Morgan fingerprint density at radius 2 is 0.667 bits per heavy atom. The molecule has 3 nitrogen and oxygen atoms in total. The first-order valence-corrected chi connectivity index (χ1v) is 21.7. The lowest BCUT2D eigenvalue weighted by molar-refractivity contribution is 0.669. The Bertz CT molecular complexity index is 4430. The summed E-state index contributed by atoms with van der Waals surface area (Å²) in [6.45, 7) is 0. The highest BCUT2D eigenvalue weighted by atomic mass is 16.3. The zero-order valence-corrected chi connectivity index (χ0v) is 33.9. The van der Waals surface area contributed by atoms with E-state index in [-0.39, 0.29) is 0 Å². The summed E-state index contributed by atoms with van der Waals surface area (Å²) in [6, 6.07) is 76.2. The van der Waals surface area contributed by atoms with Crippen molar-refractivity contribution in [2.24, 2.45) is 0 Å². The van der Waals surface area contributed by atoms with E-state index in [2.05, 4.69) is 215 Å². The summed E-state index contributed by atoms with van der Waals surface area (Å²) >= 11 is 0. The van der Waals surface area contributed by atoms with Crippen LogP contribution in [0.4, 0.5) is 0 Å². The third-order valence-electron chi connectivity index (χ3n) is 14.0. The lowest BCUT2D eigenvalue weighted by Crippen LogP contribution is -1.95. The van der Waals surface area contributed by atoms with E-state index >= 15 is 0 Å². The molecule has 0 spiro atoms. The van der Waals surface area contributed by atoms with Crippen LogP contribution in [0.1, 0.15) is 0 Å². The molecule has 0 saturated carbocycles. The molecule has 0 aliphatic carbocycles. The lowest BCUT2D eigenvalue weighted by atomic mass is 9.90. The summed E-state index contributed by atoms with van der Waals surface area (Å²) in [5, 5.41) is 19.9. The van der Waals surface area contributed by atoms with Gasteiger partial charge < -0.3 is 13.6 Å². The molecule has 3 heterocycles. The van der Waals surface area contributed by atoms with Crippen molar-refractivity contribution in [2.75, 3.05) is 0 Å². The number of aromatic nitrogens is 2. The van der Waals surface area contributed by atoms with E-state index in [0.29, 0.717) is 0 Å². The molecule has 63 heavy (non-hydrogen) atoms. The van der Waals surface area contributed by atoms with Crippen molar-refractivity contribution in [3.8, 4) is 22.5 Å². The maximum absolute atomic E-state index is 6.36. The SMILES string of the molecule is c1ccc(-n2c3ccccc3c3cc4c(cc32)c2ccccc2n4-c2ccc3c4ccccc4c4ccc(-c5ccc6c(c5)c5cccc7oc8cccc6c8c75)cc4c3c2)cc1. The van der Waals surface area contributed by atoms with Crippen molar-refractivity contribution >= 4 is 119 Å². The van der Waals surface area contributed by atoms with Gasteiger partial charge in [0.25, 0.3) is 0 Å². The monoisotopic (exact) mass is 798 g/mol. The van der Waals surface area contributed by atoms with Crippen LogP contribution in [0.2, 0.25) is 0 Å². The first-order chi connectivity index (χ1) is 31.2. The Balaban J connectivity index is 0.994. The van der Waals surface area contributed by atoms with Crippen LogP contribution in [-0.2, 0) is 0 Å². The first kappa shape index (κ1) is 33.3. The highest BCUT2D eigenvalue weighted by Crippen LogP contribution is 2.45. The number of para-hydroxylation sites is 3. The number of rotatable bonds is 3. The quantitative estimate of drug-likeness (QED) is 0.163. The van der Waals surface area contributed by atoms with Crippen molar-refractivity contribution in [3.05, 3.63) is 206 Å². The number of benzene rings is 12. The van der Waals surface area contributed by atoms with Gasteiger partial charge >= 0.3 is 0 Å². The molecule has 3 aromatic heterocycles. The summed E-state index contributed by atoms with van der Waals surface area (Å²) < 4.78 is 11.3. The third kappa shape index (κ3) is 4.42. The Kier molecular flexibility index (Phi) is 6.41. The van der Waals surface area contributed by atoms with E-state index in [1.165, 1.54) is 119 Å². The Labute approximate surface area is 360 Å². The molecule has 15 aromatic rings. The highest BCUT2D eigenvalue weighted by molar-refractivity contribution is 6.33. The van der Waals surface area contributed by atoms with Crippen LogP contribution in [-0.4, -0.2) is 9.13 Å². The summed E-state index contributed by atoms with van der Waals surface area (Å²) in [7, 11) is 0. The molecule has 12 aromatic carbocycles. The zero-order valence-electron chi connectivity index (χ0n) is 33.9. The fourth-order valence-corrected chi connectivity index (χ4v) is 11.3. The molecule has 0 unspecified atom stereocenters. The molecule has 0 fully saturated rings. The van der Waals surface area contributed by atoms with Crippen LogP contribution in [0.25, 0.3) is 142 Å². The second-order valence-electron chi connectivity index (χ2n) is 17.2. The predicted molar refractivity (Wildman–Crippen MR) is 267 cm³/mol. The van der Waals surface area contributed by atoms with Gasteiger partial charge in [0.2, 0.25) is 0 Å². The van der Waals surface area contributed by atoms with E-state index < -0.39 is 0 Å². The molecule has 0 radical (unpaired) electrons. The largest absolute Gasteiger partial charge is 0.456 e. The van der Waals surface area contributed by atoms with Gasteiger partial charge in [0.15, 0.2) is 0 Å². The topological polar surface area (TPSA) is 23.0 Å². The van der Waals surface area contributed by atoms with Gasteiger partial charge in [0.1, 0.15) is 11.2 Å². The van der Waals surface area contributed by atoms with E-state index in [1.807, 2.05) is 0 Å². The summed E-state index contributed by atoms with van der Waals surface area (Å²) in [5.74, 6) is 0. The number of nitrogens with zero attached hydrogens (tertiary/aromatic N) is 2. The molecule has 0 amide bonds. The molecule has 290 valence electrons. The van der Waals surface area contributed by atoms with E-state index in [9.17, 15) is 0 Å². The number of hydrogen-bond donors (Lipinski definition) is 0. The smallest absolute Gasteiger partial charge is 0.136 e. The van der Waals surface area contributed by atoms with E-state index in [4.69, 9.17) is 4.42 Å².